The lowest BCUT2D eigenvalue weighted by Gasteiger charge is -2.13. The van der Waals surface area contributed by atoms with Gasteiger partial charge in [-0.2, -0.15) is 0 Å². The van der Waals surface area contributed by atoms with Gasteiger partial charge in [-0.15, -0.1) is 0 Å². The van der Waals surface area contributed by atoms with Crippen LogP contribution in [-0.2, 0) is 16.2 Å². The van der Waals surface area contributed by atoms with Crippen LogP contribution in [-0.4, -0.2) is 65.9 Å². The number of hydrogen-bond acceptors (Lipinski definition) is 9. The molecular weight excluding hydrogens is 488 g/mol. The number of ether oxygens (including phenoxy) is 2. The van der Waals surface area contributed by atoms with Gasteiger partial charge >= 0.3 is 0 Å². The number of rotatable bonds is 13. The van der Waals surface area contributed by atoms with Crippen LogP contribution in [0.5, 0.6) is 11.5 Å². The van der Waals surface area contributed by atoms with Crippen molar-refractivity contribution >= 4 is 11.6 Å². The van der Waals surface area contributed by atoms with E-state index in [2.05, 4.69) is 27.7 Å². The molecule has 0 saturated carbocycles. The van der Waals surface area contributed by atoms with Gasteiger partial charge in [-0.3, -0.25) is 9.59 Å². The van der Waals surface area contributed by atoms with Gasteiger partial charge in [-0.1, -0.05) is 41.5 Å². The van der Waals surface area contributed by atoms with Gasteiger partial charge < -0.3 is 36.3 Å². The Balaban J connectivity index is -0.000000529. The summed E-state index contributed by atoms with van der Waals surface area (Å²) in [5, 5.41) is 25.6. The van der Waals surface area contributed by atoms with Crippen molar-refractivity contribution in [3.63, 3.8) is 0 Å². The molecule has 0 aliphatic rings. The number of methoxy groups -OCH3 is 1. The number of carbonyl (C=O) groups is 2. The van der Waals surface area contributed by atoms with E-state index in [9.17, 15) is 9.59 Å². The Labute approximate surface area is 230 Å². The molecule has 0 saturated heterocycles. The van der Waals surface area contributed by atoms with E-state index in [0.29, 0.717) is 49.4 Å². The average Bonchev–Trinajstić information content (AvgIpc) is 2.86. The largest absolute Gasteiger partial charge is 0.496 e. The van der Waals surface area contributed by atoms with Gasteiger partial charge in [0.15, 0.2) is 5.78 Å². The van der Waals surface area contributed by atoms with Crippen LogP contribution in [0.3, 0.4) is 0 Å². The molecule has 9 heteroatoms. The maximum Gasteiger partial charge on any atom is 0.177 e. The van der Waals surface area contributed by atoms with Crippen molar-refractivity contribution in [2.45, 2.75) is 86.8 Å². The topological polar surface area (TPSA) is 165 Å². The van der Waals surface area contributed by atoms with Gasteiger partial charge in [0.1, 0.15) is 23.9 Å². The summed E-state index contributed by atoms with van der Waals surface area (Å²) in [6.45, 7) is 16.4. The zero-order valence-corrected chi connectivity index (χ0v) is 25.3. The molecule has 0 heterocycles. The molecule has 0 atom stereocenters. The maximum atomic E-state index is 11.4. The second-order valence-corrected chi connectivity index (χ2v) is 10.5. The number of ketones is 2. The number of benzene rings is 1. The SMILES string of the molecule is CC(C)(N)C(=O)CO.CC(C)CCO.CC(C)CN.COc1cc(OCCCC(=O)C(C)C)ccc1CO. The Bertz CT molecular complexity index is 730. The van der Waals surface area contributed by atoms with Crippen LogP contribution < -0.4 is 20.9 Å². The fourth-order valence-corrected chi connectivity index (χ4v) is 2.13. The minimum atomic E-state index is -0.880. The predicted molar refractivity (Wildman–Crippen MR) is 154 cm³/mol. The lowest BCUT2D eigenvalue weighted by molar-refractivity contribution is -0.125. The van der Waals surface area contributed by atoms with Crippen molar-refractivity contribution in [3.05, 3.63) is 23.8 Å². The number of nitrogens with two attached hydrogens (primary N) is 2. The lowest BCUT2D eigenvalue weighted by atomic mass is 10.0. The Morgan fingerprint density at radius 3 is 1.84 bits per heavy atom. The van der Waals surface area contributed by atoms with Crippen LogP contribution >= 0.6 is 0 Å². The summed E-state index contributed by atoms with van der Waals surface area (Å²) in [5.74, 6) is 2.62. The molecule has 1 aromatic rings. The highest BCUT2D eigenvalue weighted by atomic mass is 16.5. The molecule has 0 radical (unpaired) electrons. The highest BCUT2D eigenvalue weighted by Gasteiger charge is 2.19. The molecule has 0 spiro atoms. The summed E-state index contributed by atoms with van der Waals surface area (Å²) in [6.07, 6.45) is 2.19. The van der Waals surface area contributed by atoms with Gasteiger partial charge in [0.25, 0.3) is 0 Å². The van der Waals surface area contributed by atoms with Gasteiger partial charge in [-0.05, 0) is 57.2 Å². The minimum absolute atomic E-state index is 0.0632. The highest BCUT2D eigenvalue weighted by Crippen LogP contribution is 2.24. The molecule has 0 aliphatic heterocycles. The Kier molecular flexibility index (Phi) is 25.6. The van der Waals surface area contributed by atoms with Crippen LogP contribution in [0.2, 0.25) is 0 Å². The molecular formula is C29H56N2O7. The molecule has 0 aromatic heterocycles. The number of carbonyl (C=O) groups excluding carboxylic acids is 2. The quantitative estimate of drug-likeness (QED) is 0.234. The summed E-state index contributed by atoms with van der Waals surface area (Å²) >= 11 is 0. The van der Waals surface area contributed by atoms with E-state index in [1.807, 2.05) is 13.8 Å². The first-order valence-corrected chi connectivity index (χ1v) is 13.3. The minimum Gasteiger partial charge on any atom is -0.496 e. The van der Waals surface area contributed by atoms with Crippen LogP contribution in [0, 0.1) is 17.8 Å². The van der Waals surface area contributed by atoms with Crippen LogP contribution in [0.15, 0.2) is 18.2 Å². The van der Waals surface area contributed by atoms with Gasteiger partial charge in [-0.25, -0.2) is 0 Å². The fourth-order valence-electron chi connectivity index (χ4n) is 2.13. The molecule has 7 N–H and O–H groups in total. The molecule has 0 fully saturated rings. The van der Waals surface area contributed by atoms with Crippen molar-refractivity contribution in [1.82, 2.24) is 0 Å². The number of hydrogen-bond donors (Lipinski definition) is 5. The second-order valence-electron chi connectivity index (χ2n) is 10.5. The smallest absolute Gasteiger partial charge is 0.177 e. The molecule has 0 bridgehead atoms. The van der Waals surface area contributed by atoms with Crippen LogP contribution in [0.1, 0.15) is 80.2 Å². The second kappa shape index (κ2) is 24.0. The van der Waals surface area contributed by atoms with Crippen molar-refractivity contribution < 1.29 is 34.4 Å². The van der Waals surface area contributed by atoms with Crippen molar-refractivity contribution in [1.29, 1.82) is 0 Å². The van der Waals surface area contributed by atoms with Crippen molar-refractivity contribution in [3.8, 4) is 11.5 Å². The monoisotopic (exact) mass is 544 g/mol. The number of aliphatic hydroxyl groups is 3. The fraction of sp³-hybridized carbons (Fsp3) is 0.724. The predicted octanol–water partition coefficient (Wildman–Crippen LogP) is 3.48. The third-order valence-corrected chi connectivity index (χ3v) is 4.95. The van der Waals surface area contributed by atoms with Gasteiger partial charge in [0.2, 0.25) is 0 Å². The Morgan fingerprint density at radius 1 is 1.00 bits per heavy atom. The van der Waals surface area contributed by atoms with E-state index in [4.69, 9.17) is 36.3 Å². The molecule has 224 valence electrons. The Hall–Kier alpha value is -2.04. The standard InChI is InChI=1S/C15H22O4.C5H11NO2.C5H12O.C4H11N/c1-11(2)14(17)5-4-8-19-13-7-6-12(10-16)15(9-13)18-3;1-5(2,6)4(8)3-7;1-5(2)3-4-6;1-4(2)3-5/h6-7,9,11,16H,4-5,8,10H2,1-3H3;7H,3,6H2,1-2H3;5-6H,3-4H2,1-2H3;4H,3,5H2,1-2H3. The summed E-state index contributed by atoms with van der Waals surface area (Å²) in [4.78, 5) is 21.9. The molecule has 38 heavy (non-hydrogen) atoms. The summed E-state index contributed by atoms with van der Waals surface area (Å²) in [6, 6.07) is 5.31. The molecule has 1 rings (SSSR count). The first-order chi connectivity index (χ1) is 17.6. The van der Waals surface area contributed by atoms with E-state index < -0.39 is 12.1 Å². The maximum absolute atomic E-state index is 11.4. The molecule has 0 unspecified atom stereocenters. The zero-order chi connectivity index (χ0) is 30.3. The van der Waals surface area contributed by atoms with Crippen molar-refractivity contribution in [2.75, 3.05) is 33.5 Å². The van der Waals surface area contributed by atoms with Crippen LogP contribution in [0.25, 0.3) is 0 Å². The van der Waals surface area contributed by atoms with Crippen LogP contribution in [0.4, 0.5) is 0 Å². The zero-order valence-electron chi connectivity index (χ0n) is 25.3. The van der Waals surface area contributed by atoms with E-state index in [1.165, 1.54) is 0 Å². The average molecular weight is 545 g/mol. The lowest BCUT2D eigenvalue weighted by Crippen LogP contribution is -2.43. The summed E-state index contributed by atoms with van der Waals surface area (Å²) < 4.78 is 10.7. The number of aliphatic hydroxyl groups excluding tert-OH is 3. The van der Waals surface area contributed by atoms with E-state index >= 15 is 0 Å². The normalized spacial score (nSPS) is 10.6. The van der Waals surface area contributed by atoms with E-state index in [-0.39, 0.29) is 24.1 Å². The Morgan fingerprint density at radius 2 is 1.55 bits per heavy atom. The van der Waals surface area contributed by atoms with E-state index in [0.717, 1.165) is 18.5 Å². The molecule has 1 aromatic carbocycles. The highest BCUT2D eigenvalue weighted by molar-refractivity contribution is 5.88. The summed E-state index contributed by atoms with van der Waals surface area (Å²) in [5.41, 5.74) is 10.3. The van der Waals surface area contributed by atoms with Gasteiger partial charge in [0.05, 0.1) is 25.9 Å². The number of Topliss-reactive ketones (excluding diaryl/α,β-unsaturated/α-hetero) is 2. The molecule has 9 nitrogen and oxygen atoms in total. The first-order valence-electron chi connectivity index (χ1n) is 13.3. The van der Waals surface area contributed by atoms with Gasteiger partial charge in [0, 0.05) is 30.6 Å². The molecule has 0 aliphatic carbocycles. The third kappa shape index (κ3) is 24.3. The first kappa shape index (κ1) is 40.5. The van der Waals surface area contributed by atoms with Crippen molar-refractivity contribution in [2.24, 2.45) is 29.2 Å². The summed E-state index contributed by atoms with van der Waals surface area (Å²) in [7, 11) is 1.56. The third-order valence-electron chi connectivity index (χ3n) is 4.95. The molecule has 0 amide bonds. The van der Waals surface area contributed by atoms with E-state index in [1.54, 1.807) is 39.2 Å².